The normalized spacial score (nSPS) is 17.6. The lowest BCUT2D eigenvalue weighted by molar-refractivity contribution is 0.0599. The Hall–Kier alpha value is -3.67. The van der Waals surface area contributed by atoms with E-state index in [-0.39, 0.29) is 24.5 Å². The van der Waals surface area contributed by atoms with Crippen LogP contribution in [0.15, 0.2) is 78.9 Å². The number of fused-ring (bicyclic) bond motifs is 1. The molecule has 5 nitrogen and oxygen atoms in total. The zero-order valence-electron chi connectivity index (χ0n) is 20.7. The summed E-state index contributed by atoms with van der Waals surface area (Å²) in [6, 6.07) is 22.8. The number of carbonyl (C=O) groups excluding carboxylic acids is 2. The molecule has 0 saturated carbocycles. The van der Waals surface area contributed by atoms with Gasteiger partial charge in [0.25, 0.3) is 11.8 Å². The lowest BCUT2D eigenvalue weighted by Gasteiger charge is -2.33. The van der Waals surface area contributed by atoms with Crippen LogP contribution < -0.4 is 4.74 Å². The zero-order valence-corrected chi connectivity index (χ0v) is 20.7. The highest BCUT2D eigenvalue weighted by Gasteiger charge is 2.27. The summed E-state index contributed by atoms with van der Waals surface area (Å²) in [6.07, 6.45) is 4.18. The number of hydrogen-bond acceptors (Lipinski definition) is 3. The van der Waals surface area contributed by atoms with Gasteiger partial charge >= 0.3 is 0 Å². The monoisotopic (exact) mass is 488 g/mol. The number of halogens is 1. The minimum atomic E-state index is -0.435. The fourth-order valence-corrected chi connectivity index (χ4v) is 4.63. The second-order valence-electron chi connectivity index (χ2n) is 9.30. The summed E-state index contributed by atoms with van der Waals surface area (Å²) in [6.45, 7) is 1.42. The Labute approximate surface area is 212 Å². The first-order valence-electron chi connectivity index (χ1n) is 12.6. The molecular formula is C30H33FN2O3. The van der Waals surface area contributed by atoms with Gasteiger partial charge in [0.05, 0.1) is 11.6 Å². The highest BCUT2D eigenvalue weighted by Crippen LogP contribution is 2.23. The predicted molar refractivity (Wildman–Crippen MR) is 139 cm³/mol. The minimum Gasteiger partial charge on any atom is -0.491 e. The Morgan fingerprint density at radius 1 is 0.917 bits per heavy atom. The summed E-state index contributed by atoms with van der Waals surface area (Å²) >= 11 is 0. The molecule has 3 aromatic rings. The Morgan fingerprint density at radius 2 is 1.64 bits per heavy atom. The Balaban J connectivity index is 1.69. The molecule has 0 saturated heterocycles. The van der Waals surface area contributed by atoms with Crippen LogP contribution in [0.4, 0.5) is 4.39 Å². The van der Waals surface area contributed by atoms with Crippen LogP contribution in [0.25, 0.3) is 0 Å². The van der Waals surface area contributed by atoms with Crippen molar-refractivity contribution in [3.05, 3.63) is 101 Å². The molecule has 0 spiro atoms. The predicted octanol–water partition coefficient (Wildman–Crippen LogP) is 5.60. The van der Waals surface area contributed by atoms with Gasteiger partial charge < -0.3 is 14.5 Å². The zero-order chi connectivity index (χ0) is 25.3. The van der Waals surface area contributed by atoms with Crippen molar-refractivity contribution in [1.29, 1.82) is 0 Å². The summed E-state index contributed by atoms with van der Waals surface area (Å²) in [4.78, 5) is 30.4. The van der Waals surface area contributed by atoms with Gasteiger partial charge in [-0.25, -0.2) is 4.39 Å². The van der Waals surface area contributed by atoms with Crippen LogP contribution >= 0.6 is 0 Å². The minimum absolute atomic E-state index is 0.0741. The Morgan fingerprint density at radius 3 is 2.42 bits per heavy atom. The van der Waals surface area contributed by atoms with Gasteiger partial charge in [0.1, 0.15) is 18.2 Å². The number of carbonyl (C=O) groups is 2. The van der Waals surface area contributed by atoms with Crippen LogP contribution in [0, 0.1) is 5.82 Å². The van der Waals surface area contributed by atoms with Crippen molar-refractivity contribution in [2.75, 3.05) is 26.7 Å². The van der Waals surface area contributed by atoms with Gasteiger partial charge in [0.2, 0.25) is 0 Å². The molecule has 36 heavy (non-hydrogen) atoms. The van der Waals surface area contributed by atoms with Gasteiger partial charge in [-0.3, -0.25) is 9.59 Å². The fourth-order valence-electron chi connectivity index (χ4n) is 4.63. The van der Waals surface area contributed by atoms with E-state index >= 15 is 0 Å². The van der Waals surface area contributed by atoms with Crippen LogP contribution in [-0.4, -0.2) is 54.4 Å². The SMILES string of the molecule is CN1CCCCCCN(C(=O)c2cccc(F)c2)[C@H](Cc2ccccc2)COc2ccccc2C1=O. The maximum absolute atomic E-state index is 14.0. The van der Waals surface area contributed by atoms with E-state index in [1.165, 1.54) is 12.1 Å². The number of nitrogens with zero attached hydrogens (tertiary/aromatic N) is 2. The molecule has 1 aliphatic heterocycles. The lowest BCUT2D eigenvalue weighted by Crippen LogP contribution is -2.45. The molecule has 0 aliphatic carbocycles. The maximum atomic E-state index is 14.0. The van der Waals surface area contributed by atoms with E-state index in [2.05, 4.69) is 0 Å². The van der Waals surface area contributed by atoms with Crippen molar-refractivity contribution in [3.63, 3.8) is 0 Å². The average Bonchev–Trinajstić information content (AvgIpc) is 2.90. The standard InChI is InChI=1S/C30H33FN2O3/c1-32-18-9-2-3-10-19-33(29(34)24-14-11-15-25(31)21-24)26(20-23-12-5-4-6-13-23)22-36-28-17-8-7-16-27(28)30(32)35/h4-8,11-17,21,26H,2-3,9-10,18-20,22H2,1H3/t26-/m1/s1. The summed E-state index contributed by atoms with van der Waals surface area (Å²) in [5.74, 6) is -0.219. The second-order valence-corrected chi connectivity index (χ2v) is 9.30. The molecule has 0 N–H and O–H groups in total. The molecule has 3 aromatic carbocycles. The number of ether oxygens (including phenoxy) is 1. The first-order chi connectivity index (χ1) is 17.5. The molecule has 2 amide bonds. The summed E-state index contributed by atoms with van der Waals surface area (Å²) in [5.41, 5.74) is 1.92. The number of rotatable bonds is 3. The molecular weight excluding hydrogens is 455 g/mol. The molecule has 1 atom stereocenters. The van der Waals surface area contributed by atoms with Crippen molar-refractivity contribution in [2.24, 2.45) is 0 Å². The fraction of sp³-hybridized carbons (Fsp3) is 0.333. The number of benzene rings is 3. The van der Waals surface area contributed by atoms with Crippen molar-refractivity contribution in [1.82, 2.24) is 9.80 Å². The molecule has 4 rings (SSSR count). The van der Waals surface area contributed by atoms with Gasteiger partial charge in [-0.05, 0) is 55.2 Å². The smallest absolute Gasteiger partial charge is 0.257 e. The first kappa shape index (κ1) is 25.4. The van der Waals surface area contributed by atoms with Crippen LogP contribution in [-0.2, 0) is 6.42 Å². The van der Waals surface area contributed by atoms with E-state index < -0.39 is 5.82 Å². The molecule has 0 fully saturated rings. The number of para-hydroxylation sites is 1. The third-order valence-corrected chi connectivity index (χ3v) is 6.63. The van der Waals surface area contributed by atoms with E-state index in [1.807, 2.05) is 54.4 Å². The van der Waals surface area contributed by atoms with Gasteiger partial charge in [0.15, 0.2) is 0 Å². The van der Waals surface area contributed by atoms with Crippen molar-refractivity contribution < 1.29 is 18.7 Å². The molecule has 0 unspecified atom stereocenters. The quantitative estimate of drug-likeness (QED) is 0.482. The van der Waals surface area contributed by atoms with Gasteiger partial charge in [-0.2, -0.15) is 0 Å². The molecule has 0 bridgehead atoms. The topological polar surface area (TPSA) is 49.9 Å². The molecule has 1 heterocycles. The maximum Gasteiger partial charge on any atom is 0.257 e. The third-order valence-electron chi connectivity index (χ3n) is 6.63. The highest BCUT2D eigenvalue weighted by molar-refractivity contribution is 5.97. The first-order valence-corrected chi connectivity index (χ1v) is 12.6. The van der Waals surface area contributed by atoms with Crippen LogP contribution in [0.1, 0.15) is 52.0 Å². The Bertz CT molecular complexity index is 1170. The van der Waals surface area contributed by atoms with E-state index in [0.717, 1.165) is 31.2 Å². The molecule has 188 valence electrons. The third kappa shape index (κ3) is 6.51. The van der Waals surface area contributed by atoms with Crippen LogP contribution in [0.3, 0.4) is 0 Å². The largest absolute Gasteiger partial charge is 0.491 e. The second kappa shape index (κ2) is 12.3. The van der Waals surface area contributed by atoms with Crippen molar-refractivity contribution in [3.8, 4) is 5.75 Å². The summed E-state index contributed by atoms with van der Waals surface area (Å²) in [7, 11) is 1.82. The van der Waals surface area contributed by atoms with Gasteiger partial charge in [0, 0.05) is 25.7 Å². The van der Waals surface area contributed by atoms with Crippen LogP contribution in [0.5, 0.6) is 5.75 Å². The molecule has 6 heteroatoms. The van der Waals surface area contributed by atoms with E-state index in [9.17, 15) is 14.0 Å². The number of hydrogen-bond donors (Lipinski definition) is 0. The Kier molecular flexibility index (Phi) is 8.71. The van der Waals surface area contributed by atoms with E-state index in [1.54, 1.807) is 29.2 Å². The average molecular weight is 489 g/mol. The van der Waals surface area contributed by atoms with Gasteiger partial charge in [-0.1, -0.05) is 61.4 Å². The number of amides is 2. The van der Waals surface area contributed by atoms with Crippen molar-refractivity contribution >= 4 is 11.8 Å². The summed E-state index contributed by atoms with van der Waals surface area (Å²) in [5, 5.41) is 0. The van der Waals surface area contributed by atoms with Gasteiger partial charge in [-0.15, -0.1) is 0 Å². The molecule has 0 aromatic heterocycles. The van der Waals surface area contributed by atoms with Crippen molar-refractivity contribution in [2.45, 2.75) is 38.1 Å². The van der Waals surface area contributed by atoms with E-state index in [0.29, 0.717) is 36.4 Å². The molecule has 1 aliphatic rings. The highest BCUT2D eigenvalue weighted by atomic mass is 19.1. The molecule has 0 radical (unpaired) electrons. The summed E-state index contributed by atoms with van der Waals surface area (Å²) < 4.78 is 20.2. The van der Waals surface area contributed by atoms with Crippen LogP contribution in [0.2, 0.25) is 0 Å². The van der Waals surface area contributed by atoms with E-state index in [4.69, 9.17) is 4.74 Å². The lowest BCUT2D eigenvalue weighted by atomic mass is 10.0.